The fourth-order valence-corrected chi connectivity index (χ4v) is 3.16. The van der Waals surface area contributed by atoms with E-state index >= 15 is 0 Å². The molecule has 7 heteroatoms. The number of aromatic nitrogens is 2. The standard InChI is InChI=1S/C20H18N4O3/c1-27-16-8-6-14(7-9-16)15-12-21-19(22-13-15)23-10-11-24(20(25)26)18-5-3-2-4-17(18)23/h2-9,12-13H,10-11H2,1H3,(H,25,26). The van der Waals surface area contributed by atoms with Crippen LogP contribution in [0.5, 0.6) is 5.75 Å². The van der Waals surface area contributed by atoms with Crippen LogP contribution in [0.2, 0.25) is 0 Å². The first-order valence-electron chi connectivity index (χ1n) is 8.51. The van der Waals surface area contributed by atoms with Gasteiger partial charge >= 0.3 is 6.09 Å². The molecule has 2 heterocycles. The maximum absolute atomic E-state index is 11.5. The molecule has 0 aliphatic carbocycles. The number of anilines is 3. The van der Waals surface area contributed by atoms with Gasteiger partial charge in [0.1, 0.15) is 5.75 Å². The van der Waals surface area contributed by atoms with E-state index in [9.17, 15) is 9.90 Å². The molecule has 1 N–H and O–H groups in total. The zero-order chi connectivity index (χ0) is 18.8. The molecule has 0 saturated heterocycles. The fraction of sp³-hybridized carbons (Fsp3) is 0.150. The van der Waals surface area contributed by atoms with E-state index in [0.29, 0.717) is 24.7 Å². The number of hydrogen-bond acceptors (Lipinski definition) is 5. The average Bonchev–Trinajstić information content (AvgIpc) is 2.73. The number of hydrogen-bond donors (Lipinski definition) is 1. The Balaban J connectivity index is 1.64. The average molecular weight is 362 g/mol. The lowest BCUT2D eigenvalue weighted by Gasteiger charge is -2.34. The lowest BCUT2D eigenvalue weighted by molar-refractivity contribution is 0.201. The number of para-hydroxylation sites is 2. The summed E-state index contributed by atoms with van der Waals surface area (Å²) >= 11 is 0. The van der Waals surface area contributed by atoms with Gasteiger partial charge in [-0.2, -0.15) is 0 Å². The number of benzene rings is 2. The van der Waals surface area contributed by atoms with Crippen molar-refractivity contribution in [3.8, 4) is 16.9 Å². The van der Waals surface area contributed by atoms with Crippen LogP contribution in [0.4, 0.5) is 22.1 Å². The maximum atomic E-state index is 11.5. The zero-order valence-electron chi connectivity index (χ0n) is 14.7. The molecule has 136 valence electrons. The van der Waals surface area contributed by atoms with Gasteiger partial charge in [-0.15, -0.1) is 0 Å². The monoisotopic (exact) mass is 362 g/mol. The third-order valence-corrected chi connectivity index (χ3v) is 4.54. The summed E-state index contributed by atoms with van der Waals surface area (Å²) in [5, 5.41) is 9.41. The van der Waals surface area contributed by atoms with Gasteiger partial charge in [-0.3, -0.25) is 4.90 Å². The molecule has 2 aromatic carbocycles. The third kappa shape index (κ3) is 3.15. The quantitative estimate of drug-likeness (QED) is 0.764. The molecule has 27 heavy (non-hydrogen) atoms. The van der Waals surface area contributed by atoms with Gasteiger partial charge in [-0.05, 0) is 29.8 Å². The van der Waals surface area contributed by atoms with Crippen LogP contribution >= 0.6 is 0 Å². The minimum atomic E-state index is -0.960. The van der Waals surface area contributed by atoms with Gasteiger partial charge in [-0.1, -0.05) is 24.3 Å². The number of carboxylic acid groups (broad SMARTS) is 1. The van der Waals surface area contributed by atoms with Crippen molar-refractivity contribution in [2.45, 2.75) is 0 Å². The first-order chi connectivity index (χ1) is 13.2. The summed E-state index contributed by atoms with van der Waals surface area (Å²) in [7, 11) is 1.63. The molecule has 0 saturated carbocycles. The van der Waals surface area contributed by atoms with Gasteiger partial charge in [0.15, 0.2) is 0 Å². The molecule has 0 bridgehead atoms. The molecule has 0 unspecified atom stereocenters. The van der Waals surface area contributed by atoms with E-state index in [4.69, 9.17) is 4.74 Å². The highest BCUT2D eigenvalue weighted by Gasteiger charge is 2.28. The van der Waals surface area contributed by atoms with Crippen LogP contribution < -0.4 is 14.5 Å². The highest BCUT2D eigenvalue weighted by Crippen LogP contribution is 2.36. The van der Waals surface area contributed by atoms with Crippen LogP contribution in [0.15, 0.2) is 60.9 Å². The predicted molar refractivity (Wildman–Crippen MR) is 103 cm³/mol. The topological polar surface area (TPSA) is 78.8 Å². The minimum Gasteiger partial charge on any atom is -0.497 e. The van der Waals surface area contributed by atoms with E-state index in [1.165, 1.54) is 4.90 Å². The zero-order valence-corrected chi connectivity index (χ0v) is 14.7. The summed E-state index contributed by atoms with van der Waals surface area (Å²) < 4.78 is 5.18. The largest absolute Gasteiger partial charge is 0.497 e. The molecule has 3 aromatic rings. The smallest absolute Gasteiger partial charge is 0.411 e. The van der Waals surface area contributed by atoms with Crippen LogP contribution in [0.25, 0.3) is 11.1 Å². The summed E-state index contributed by atoms with van der Waals surface area (Å²) in [6, 6.07) is 15.1. The van der Waals surface area contributed by atoms with Crippen molar-refractivity contribution in [2.75, 3.05) is 30.0 Å². The molecule has 0 spiro atoms. The van der Waals surface area contributed by atoms with Crippen molar-refractivity contribution in [2.24, 2.45) is 0 Å². The third-order valence-electron chi connectivity index (χ3n) is 4.54. The molecule has 0 atom stereocenters. The van der Waals surface area contributed by atoms with Gasteiger partial charge in [0, 0.05) is 31.0 Å². The van der Waals surface area contributed by atoms with Gasteiger partial charge in [0.05, 0.1) is 18.5 Å². The van der Waals surface area contributed by atoms with E-state index < -0.39 is 6.09 Å². The molecule has 1 aromatic heterocycles. The normalized spacial score (nSPS) is 13.2. The van der Waals surface area contributed by atoms with Crippen molar-refractivity contribution in [1.82, 2.24) is 9.97 Å². The first kappa shape index (κ1) is 16.8. The molecule has 1 amide bonds. The minimum absolute atomic E-state index is 0.357. The van der Waals surface area contributed by atoms with Gasteiger partial charge < -0.3 is 14.7 Å². The number of rotatable bonds is 3. The summed E-state index contributed by atoms with van der Waals surface area (Å²) in [4.78, 5) is 23.8. The molecular weight excluding hydrogens is 344 g/mol. The van der Waals surface area contributed by atoms with Gasteiger partial charge in [0.25, 0.3) is 0 Å². The van der Waals surface area contributed by atoms with Crippen molar-refractivity contribution >= 4 is 23.4 Å². The molecule has 7 nitrogen and oxygen atoms in total. The highest BCUT2D eigenvalue weighted by atomic mass is 16.5. The molecule has 0 fully saturated rings. The molecular formula is C20H18N4O3. The Morgan fingerprint density at radius 2 is 1.63 bits per heavy atom. The van der Waals surface area contributed by atoms with Crippen molar-refractivity contribution in [3.63, 3.8) is 0 Å². The summed E-state index contributed by atoms with van der Waals surface area (Å²) in [6.45, 7) is 0.848. The number of methoxy groups -OCH3 is 1. The van der Waals surface area contributed by atoms with Crippen LogP contribution in [-0.4, -0.2) is 41.4 Å². The molecule has 0 radical (unpaired) electrons. The van der Waals surface area contributed by atoms with Crippen LogP contribution in [0.3, 0.4) is 0 Å². The Labute approximate surface area is 156 Å². The highest BCUT2D eigenvalue weighted by molar-refractivity contribution is 5.93. The molecule has 1 aliphatic heterocycles. The number of ether oxygens (including phenoxy) is 1. The van der Waals surface area contributed by atoms with Crippen molar-refractivity contribution < 1.29 is 14.6 Å². The SMILES string of the molecule is COc1ccc(-c2cnc(N3CCN(C(=O)O)c4ccccc43)nc2)cc1. The number of nitrogens with zero attached hydrogens (tertiary/aromatic N) is 4. The van der Waals surface area contributed by atoms with E-state index in [-0.39, 0.29) is 0 Å². The Bertz CT molecular complexity index is 958. The Hall–Kier alpha value is -3.61. The summed E-state index contributed by atoms with van der Waals surface area (Å²) in [6.07, 6.45) is 2.59. The predicted octanol–water partition coefficient (Wildman–Crippen LogP) is 3.79. The Kier molecular flexibility index (Phi) is 4.33. The molecule has 1 aliphatic rings. The lowest BCUT2D eigenvalue weighted by atomic mass is 10.1. The van der Waals surface area contributed by atoms with Crippen LogP contribution in [0, 0.1) is 0 Å². The van der Waals surface area contributed by atoms with E-state index in [2.05, 4.69) is 9.97 Å². The number of fused-ring (bicyclic) bond motifs is 1. The van der Waals surface area contributed by atoms with Gasteiger partial charge in [-0.25, -0.2) is 14.8 Å². The van der Waals surface area contributed by atoms with Crippen LogP contribution in [-0.2, 0) is 0 Å². The second kappa shape index (κ2) is 6.95. The number of carbonyl (C=O) groups is 1. The van der Waals surface area contributed by atoms with E-state index in [1.807, 2.05) is 47.4 Å². The maximum Gasteiger partial charge on any atom is 0.411 e. The van der Waals surface area contributed by atoms with E-state index in [1.54, 1.807) is 25.6 Å². The molecule has 4 rings (SSSR count). The second-order valence-corrected chi connectivity index (χ2v) is 6.07. The van der Waals surface area contributed by atoms with Crippen molar-refractivity contribution in [3.05, 3.63) is 60.9 Å². The fourth-order valence-electron chi connectivity index (χ4n) is 3.16. The Morgan fingerprint density at radius 1 is 0.963 bits per heavy atom. The van der Waals surface area contributed by atoms with Crippen molar-refractivity contribution in [1.29, 1.82) is 0 Å². The lowest BCUT2D eigenvalue weighted by Crippen LogP contribution is -2.42. The Morgan fingerprint density at radius 3 is 2.26 bits per heavy atom. The van der Waals surface area contributed by atoms with E-state index in [0.717, 1.165) is 22.6 Å². The van der Waals surface area contributed by atoms with Crippen LogP contribution in [0.1, 0.15) is 0 Å². The first-order valence-corrected chi connectivity index (χ1v) is 8.51. The van der Waals surface area contributed by atoms with Gasteiger partial charge in [0.2, 0.25) is 5.95 Å². The number of amides is 1. The summed E-state index contributed by atoms with van der Waals surface area (Å²) in [5.74, 6) is 1.34. The summed E-state index contributed by atoms with van der Waals surface area (Å²) in [5.41, 5.74) is 3.32. The second-order valence-electron chi connectivity index (χ2n) is 6.07.